The number of unbranched alkanes of at least 4 members (excludes halogenated alkanes) is 29. The number of phosphoric acid groups is 1. The molecule has 0 rings (SSSR count). The Morgan fingerprint density at radius 3 is 1.35 bits per heavy atom. The standard InChI is InChI=1S/C51H99N2O6P/c1-6-8-10-12-14-16-18-19-20-21-22-23-24-25-26-27-28-29-30-31-32-33-34-35-37-39-41-43-45-51(55)52-49(48-59-60(56,57)58-47-46-53(3,4)5)50(54)44-42-40-38-36-17-15-13-11-9-7-2/h17,25-26,36,42,44,49-50,54H,6-16,18-24,27-35,37-41,43,45-48H2,1-5H3,(H-,52,55,56,57)/p+1/b26-25-,36-17+,44-42+. The summed E-state index contributed by atoms with van der Waals surface area (Å²) in [6.07, 6.45) is 54.0. The monoisotopic (exact) mass is 868 g/mol. The zero-order valence-corrected chi connectivity index (χ0v) is 41.1. The third-order valence-corrected chi connectivity index (χ3v) is 12.3. The van der Waals surface area contributed by atoms with E-state index in [4.69, 9.17) is 9.05 Å². The molecule has 0 fully saturated rings. The summed E-state index contributed by atoms with van der Waals surface area (Å²) in [6.45, 7) is 4.77. The molecular weight excluding hydrogens is 768 g/mol. The van der Waals surface area contributed by atoms with Gasteiger partial charge in [0.25, 0.3) is 0 Å². The van der Waals surface area contributed by atoms with Gasteiger partial charge in [0.05, 0.1) is 39.9 Å². The molecule has 0 radical (unpaired) electrons. The number of amides is 1. The largest absolute Gasteiger partial charge is 0.472 e. The first-order valence-electron chi connectivity index (χ1n) is 25.4. The average molecular weight is 868 g/mol. The summed E-state index contributed by atoms with van der Waals surface area (Å²) >= 11 is 0. The van der Waals surface area contributed by atoms with E-state index in [9.17, 15) is 19.4 Å². The number of nitrogens with zero attached hydrogens (tertiary/aromatic N) is 1. The number of hydrogen-bond donors (Lipinski definition) is 3. The van der Waals surface area contributed by atoms with E-state index < -0.39 is 20.0 Å². The SMILES string of the molecule is CCCCCC/C=C/CC/C=C/C(O)C(COP(=O)(O)OCC[N+](C)(C)C)NC(=O)CCCCCCCCCCCCCC/C=C\CCCCCCCCCCCCCC. The van der Waals surface area contributed by atoms with Gasteiger partial charge in [0.2, 0.25) is 5.91 Å². The van der Waals surface area contributed by atoms with Gasteiger partial charge in [-0.05, 0) is 57.8 Å². The Balaban J connectivity index is 4.08. The third-order valence-electron chi connectivity index (χ3n) is 11.3. The number of carbonyl (C=O) groups excluding carboxylic acids is 1. The minimum atomic E-state index is -4.34. The minimum absolute atomic E-state index is 0.0563. The summed E-state index contributed by atoms with van der Waals surface area (Å²) in [5.74, 6) is -0.188. The summed E-state index contributed by atoms with van der Waals surface area (Å²) < 4.78 is 23.5. The van der Waals surface area contributed by atoms with Crippen molar-refractivity contribution in [2.45, 2.75) is 244 Å². The molecule has 0 aromatic rings. The van der Waals surface area contributed by atoms with E-state index in [1.54, 1.807) is 6.08 Å². The number of aliphatic hydroxyl groups is 1. The van der Waals surface area contributed by atoms with Crippen molar-refractivity contribution in [1.82, 2.24) is 5.32 Å². The molecule has 354 valence electrons. The van der Waals surface area contributed by atoms with Crippen LogP contribution in [0.25, 0.3) is 0 Å². The van der Waals surface area contributed by atoms with Crippen molar-refractivity contribution < 1.29 is 32.9 Å². The van der Waals surface area contributed by atoms with E-state index in [1.807, 2.05) is 27.2 Å². The molecule has 0 aliphatic rings. The number of rotatable bonds is 46. The molecule has 3 atom stereocenters. The molecular formula is C51H100N2O6P+. The number of aliphatic hydroxyl groups excluding tert-OH is 1. The molecule has 0 bridgehead atoms. The van der Waals surface area contributed by atoms with Crippen LogP contribution in [-0.2, 0) is 18.4 Å². The second-order valence-electron chi connectivity index (χ2n) is 18.5. The van der Waals surface area contributed by atoms with Crippen LogP contribution in [0, 0.1) is 0 Å². The fraction of sp³-hybridized carbons (Fsp3) is 0.863. The number of quaternary nitrogens is 1. The Morgan fingerprint density at radius 2 is 0.917 bits per heavy atom. The van der Waals surface area contributed by atoms with Crippen molar-refractivity contribution in [2.24, 2.45) is 0 Å². The lowest BCUT2D eigenvalue weighted by atomic mass is 10.0. The Hall–Kier alpha value is -1.28. The fourth-order valence-corrected chi connectivity index (χ4v) is 8.02. The lowest BCUT2D eigenvalue weighted by molar-refractivity contribution is -0.870. The highest BCUT2D eigenvalue weighted by Crippen LogP contribution is 2.43. The molecule has 0 spiro atoms. The zero-order chi connectivity index (χ0) is 44.3. The molecule has 1 amide bonds. The Morgan fingerprint density at radius 1 is 0.550 bits per heavy atom. The third kappa shape index (κ3) is 44.8. The van der Waals surface area contributed by atoms with Gasteiger partial charge in [-0.2, -0.15) is 0 Å². The summed E-state index contributed by atoms with van der Waals surface area (Å²) in [5, 5.41) is 13.8. The van der Waals surface area contributed by atoms with E-state index in [-0.39, 0.29) is 19.1 Å². The minimum Gasteiger partial charge on any atom is -0.387 e. The van der Waals surface area contributed by atoms with Crippen LogP contribution in [0.2, 0.25) is 0 Å². The van der Waals surface area contributed by atoms with Gasteiger partial charge in [0.1, 0.15) is 13.2 Å². The Kier molecular flexibility index (Phi) is 42.1. The maximum absolute atomic E-state index is 12.9. The van der Waals surface area contributed by atoms with Gasteiger partial charge in [-0.25, -0.2) is 4.57 Å². The molecule has 0 aromatic heterocycles. The predicted molar refractivity (Wildman–Crippen MR) is 258 cm³/mol. The van der Waals surface area contributed by atoms with Crippen molar-refractivity contribution in [3.63, 3.8) is 0 Å². The average Bonchev–Trinajstić information content (AvgIpc) is 3.20. The normalized spacial score (nSPS) is 14.4. The number of likely N-dealkylation sites (N-methyl/N-ethyl adjacent to an activating group) is 1. The van der Waals surface area contributed by atoms with Crippen LogP contribution in [0.3, 0.4) is 0 Å². The quantitative estimate of drug-likeness (QED) is 0.0244. The number of allylic oxidation sites excluding steroid dienone is 5. The van der Waals surface area contributed by atoms with E-state index in [1.165, 1.54) is 173 Å². The maximum Gasteiger partial charge on any atom is 0.472 e. The van der Waals surface area contributed by atoms with Crippen LogP contribution >= 0.6 is 7.82 Å². The van der Waals surface area contributed by atoms with Crippen LogP contribution in [0.15, 0.2) is 36.5 Å². The van der Waals surface area contributed by atoms with Crippen molar-refractivity contribution >= 4 is 13.7 Å². The lowest BCUT2D eigenvalue weighted by Crippen LogP contribution is -2.45. The fourth-order valence-electron chi connectivity index (χ4n) is 7.29. The highest BCUT2D eigenvalue weighted by Gasteiger charge is 2.27. The lowest BCUT2D eigenvalue weighted by Gasteiger charge is -2.25. The van der Waals surface area contributed by atoms with Crippen LogP contribution in [0.1, 0.15) is 232 Å². The van der Waals surface area contributed by atoms with E-state index in [0.29, 0.717) is 17.4 Å². The highest BCUT2D eigenvalue weighted by atomic mass is 31.2. The molecule has 0 aromatic carbocycles. The molecule has 8 nitrogen and oxygen atoms in total. The topological polar surface area (TPSA) is 105 Å². The van der Waals surface area contributed by atoms with Gasteiger partial charge in [-0.3, -0.25) is 13.8 Å². The molecule has 0 aliphatic heterocycles. The van der Waals surface area contributed by atoms with Gasteiger partial charge in [-0.1, -0.05) is 204 Å². The maximum atomic E-state index is 12.9. The molecule has 60 heavy (non-hydrogen) atoms. The van der Waals surface area contributed by atoms with Gasteiger partial charge in [-0.15, -0.1) is 0 Å². The molecule has 0 saturated carbocycles. The van der Waals surface area contributed by atoms with Gasteiger partial charge >= 0.3 is 7.82 Å². The molecule has 9 heteroatoms. The highest BCUT2D eigenvalue weighted by molar-refractivity contribution is 7.47. The smallest absolute Gasteiger partial charge is 0.387 e. The second kappa shape index (κ2) is 43.0. The zero-order valence-electron chi connectivity index (χ0n) is 40.2. The van der Waals surface area contributed by atoms with Crippen LogP contribution in [0.4, 0.5) is 0 Å². The predicted octanol–water partition coefficient (Wildman–Crippen LogP) is 14.6. The van der Waals surface area contributed by atoms with Gasteiger partial charge in [0.15, 0.2) is 0 Å². The molecule has 3 unspecified atom stereocenters. The summed E-state index contributed by atoms with van der Waals surface area (Å²) in [6, 6.07) is -0.860. The van der Waals surface area contributed by atoms with Crippen molar-refractivity contribution in [3.8, 4) is 0 Å². The number of hydrogen-bond acceptors (Lipinski definition) is 5. The van der Waals surface area contributed by atoms with Gasteiger partial charge in [0, 0.05) is 6.42 Å². The van der Waals surface area contributed by atoms with E-state index in [0.717, 1.165) is 38.5 Å². The Bertz CT molecular complexity index is 1070. The number of phosphoric ester groups is 1. The molecule has 0 saturated heterocycles. The molecule has 3 N–H and O–H groups in total. The molecule has 0 heterocycles. The summed E-state index contributed by atoms with van der Waals surface area (Å²) in [5.41, 5.74) is 0. The molecule has 0 aliphatic carbocycles. The Labute approximate surface area is 372 Å². The van der Waals surface area contributed by atoms with Crippen molar-refractivity contribution in [3.05, 3.63) is 36.5 Å². The number of nitrogens with one attached hydrogen (secondary N) is 1. The van der Waals surface area contributed by atoms with E-state index in [2.05, 4.69) is 43.5 Å². The summed E-state index contributed by atoms with van der Waals surface area (Å²) in [4.78, 5) is 23.1. The van der Waals surface area contributed by atoms with Crippen molar-refractivity contribution in [2.75, 3.05) is 40.9 Å². The first-order valence-corrected chi connectivity index (χ1v) is 26.9. The number of carbonyl (C=O) groups is 1. The van der Waals surface area contributed by atoms with Gasteiger partial charge < -0.3 is 19.8 Å². The second-order valence-corrected chi connectivity index (χ2v) is 20.0. The van der Waals surface area contributed by atoms with Crippen LogP contribution < -0.4 is 5.32 Å². The van der Waals surface area contributed by atoms with E-state index >= 15 is 0 Å². The van der Waals surface area contributed by atoms with Crippen LogP contribution in [0.5, 0.6) is 0 Å². The van der Waals surface area contributed by atoms with Crippen LogP contribution in [-0.4, -0.2) is 73.4 Å². The first-order chi connectivity index (χ1) is 29.0. The summed E-state index contributed by atoms with van der Waals surface area (Å²) in [7, 11) is 1.56. The first kappa shape index (κ1) is 58.7. The van der Waals surface area contributed by atoms with Crippen molar-refractivity contribution in [1.29, 1.82) is 0 Å².